The van der Waals surface area contributed by atoms with Gasteiger partial charge in [-0.2, -0.15) is 0 Å². The van der Waals surface area contributed by atoms with Gasteiger partial charge < -0.3 is 20.1 Å². The number of carboxylic acids is 1. The molecule has 0 unspecified atom stereocenters. The zero-order valence-corrected chi connectivity index (χ0v) is 25.9. The van der Waals surface area contributed by atoms with Crippen LogP contribution in [0.25, 0.3) is 11.7 Å². The maximum absolute atomic E-state index is 13.6. The molecule has 13 nitrogen and oxygen atoms in total. The Kier molecular flexibility index (Phi) is 9.30. The summed E-state index contributed by atoms with van der Waals surface area (Å²) in [4.78, 5) is 63.7. The molecule has 0 saturated carbocycles. The van der Waals surface area contributed by atoms with Gasteiger partial charge in [0, 0.05) is 35.2 Å². The van der Waals surface area contributed by atoms with Crippen molar-refractivity contribution in [2.45, 2.75) is 58.0 Å². The van der Waals surface area contributed by atoms with Crippen molar-refractivity contribution in [3.63, 3.8) is 0 Å². The van der Waals surface area contributed by atoms with Gasteiger partial charge in [0.15, 0.2) is 5.13 Å². The predicted octanol–water partition coefficient (Wildman–Crippen LogP) is 3.55. The molecular weight excluding hydrogens is 586 g/mol. The van der Waals surface area contributed by atoms with E-state index in [0.717, 1.165) is 37.7 Å². The Morgan fingerprint density at radius 1 is 1.16 bits per heavy atom. The highest BCUT2D eigenvalue weighted by molar-refractivity contribution is 7.14. The van der Waals surface area contributed by atoms with Gasteiger partial charge in [-0.25, -0.2) is 19.6 Å². The molecule has 0 radical (unpaired) electrons. The smallest absolute Gasteiger partial charge is 0.408 e. The Labute approximate surface area is 258 Å². The lowest BCUT2D eigenvalue weighted by atomic mass is 9.93. The van der Waals surface area contributed by atoms with Crippen LogP contribution in [0.1, 0.15) is 68.1 Å². The number of amides is 2. The van der Waals surface area contributed by atoms with E-state index in [1.54, 1.807) is 0 Å². The van der Waals surface area contributed by atoms with Gasteiger partial charge in [0.05, 0.1) is 24.5 Å². The second-order valence-corrected chi connectivity index (χ2v) is 12.8. The van der Waals surface area contributed by atoms with Gasteiger partial charge >= 0.3 is 12.1 Å². The first-order valence-corrected chi connectivity index (χ1v) is 15.5. The number of rotatable bonds is 8. The highest BCUT2D eigenvalue weighted by atomic mass is 32.1. The third-order valence-electron chi connectivity index (χ3n) is 7.59. The van der Waals surface area contributed by atoms with Crippen molar-refractivity contribution in [3.8, 4) is 0 Å². The van der Waals surface area contributed by atoms with Gasteiger partial charge in [-0.3, -0.25) is 24.2 Å². The summed E-state index contributed by atoms with van der Waals surface area (Å²) in [6, 6.07) is 3.01. The van der Waals surface area contributed by atoms with Gasteiger partial charge in [-0.1, -0.05) is 20.8 Å². The lowest BCUT2D eigenvalue weighted by Gasteiger charge is -2.34. The van der Waals surface area contributed by atoms with Crippen molar-refractivity contribution in [1.29, 1.82) is 0 Å². The van der Waals surface area contributed by atoms with Crippen LogP contribution in [-0.2, 0) is 14.9 Å². The highest BCUT2D eigenvalue weighted by Crippen LogP contribution is 2.27. The molecule has 0 spiro atoms. The molecule has 0 bridgehead atoms. The van der Waals surface area contributed by atoms with Gasteiger partial charge in [-0.05, 0) is 57.0 Å². The summed E-state index contributed by atoms with van der Waals surface area (Å²) in [5.41, 5.74) is 0.787. The maximum atomic E-state index is 13.6. The molecule has 5 rings (SSSR count). The summed E-state index contributed by atoms with van der Waals surface area (Å²) < 4.78 is 6.96. The number of alkyl carbamates (subject to hydrolysis) is 1. The van der Waals surface area contributed by atoms with E-state index in [1.165, 1.54) is 40.1 Å². The largest absolute Gasteiger partial charge is 0.478 e. The van der Waals surface area contributed by atoms with Crippen LogP contribution in [0.5, 0.6) is 0 Å². The van der Waals surface area contributed by atoms with E-state index >= 15 is 0 Å². The molecule has 2 saturated heterocycles. The Bertz CT molecular complexity index is 1640. The van der Waals surface area contributed by atoms with E-state index in [2.05, 4.69) is 20.5 Å². The number of ether oxygens (including phenoxy) is 1. The fourth-order valence-corrected chi connectivity index (χ4v) is 6.14. The SMILES string of the molecule is CC(C)(C)c1csc(NC(=O)c2ccn3c(=O)c(/C=C/C(=O)O)c(N4CCC[C@@H](OC(=O)NCN5CCCC5)C4)nc3c2)n1. The molecule has 2 amide bonds. The molecule has 234 valence electrons. The van der Waals surface area contributed by atoms with E-state index in [0.29, 0.717) is 31.2 Å². The van der Waals surface area contributed by atoms with E-state index in [-0.39, 0.29) is 34.6 Å². The molecule has 14 heteroatoms. The molecule has 44 heavy (non-hydrogen) atoms. The highest BCUT2D eigenvalue weighted by Gasteiger charge is 2.27. The number of fused-ring (bicyclic) bond motifs is 1. The summed E-state index contributed by atoms with van der Waals surface area (Å²) in [6.07, 6.45) is 6.13. The lowest BCUT2D eigenvalue weighted by molar-refractivity contribution is -0.131. The lowest BCUT2D eigenvalue weighted by Crippen LogP contribution is -2.44. The third kappa shape index (κ3) is 7.42. The fraction of sp³-hybridized carbons (Fsp3) is 0.467. The number of thiazole rings is 1. The molecule has 1 atom stereocenters. The summed E-state index contributed by atoms with van der Waals surface area (Å²) in [7, 11) is 0. The van der Waals surface area contributed by atoms with E-state index in [4.69, 9.17) is 9.72 Å². The molecule has 0 aromatic carbocycles. The van der Waals surface area contributed by atoms with Crippen LogP contribution in [0.2, 0.25) is 0 Å². The summed E-state index contributed by atoms with van der Waals surface area (Å²) in [5, 5.41) is 17.3. The number of carboxylic acid groups (broad SMARTS) is 1. The average Bonchev–Trinajstić information content (AvgIpc) is 3.68. The molecule has 0 aliphatic carbocycles. The minimum absolute atomic E-state index is 0.0822. The Balaban J connectivity index is 1.39. The Morgan fingerprint density at radius 3 is 2.64 bits per heavy atom. The number of aliphatic carboxylic acids is 1. The first kappa shape index (κ1) is 31.1. The molecule has 2 aliphatic rings. The third-order valence-corrected chi connectivity index (χ3v) is 8.35. The molecule has 2 fully saturated rings. The van der Waals surface area contributed by atoms with E-state index < -0.39 is 29.6 Å². The molecule has 5 heterocycles. The quantitative estimate of drug-likeness (QED) is 0.317. The van der Waals surface area contributed by atoms with Gasteiger partial charge in [0.25, 0.3) is 11.5 Å². The number of hydrogen-bond acceptors (Lipinski definition) is 10. The zero-order valence-electron chi connectivity index (χ0n) is 25.0. The van der Waals surface area contributed by atoms with Crippen LogP contribution in [0, 0.1) is 0 Å². The van der Waals surface area contributed by atoms with Gasteiger partial charge in [0.1, 0.15) is 17.6 Å². The minimum Gasteiger partial charge on any atom is -0.478 e. The number of nitrogens with one attached hydrogen (secondary N) is 2. The number of carbonyl (C=O) groups excluding carboxylic acids is 2. The molecular formula is C30H37N7O6S. The summed E-state index contributed by atoms with van der Waals surface area (Å²) >= 11 is 1.33. The number of likely N-dealkylation sites (tertiary alicyclic amines) is 1. The zero-order chi connectivity index (χ0) is 31.4. The van der Waals surface area contributed by atoms with Crippen molar-refractivity contribution < 1.29 is 24.2 Å². The van der Waals surface area contributed by atoms with Crippen LogP contribution >= 0.6 is 11.3 Å². The van der Waals surface area contributed by atoms with Crippen molar-refractivity contribution in [2.75, 3.05) is 43.1 Å². The fourth-order valence-electron chi connectivity index (χ4n) is 5.20. The Hall–Kier alpha value is -4.30. The average molecular weight is 624 g/mol. The van der Waals surface area contributed by atoms with Crippen LogP contribution in [0.15, 0.2) is 34.6 Å². The molecule has 3 aromatic heterocycles. The summed E-state index contributed by atoms with van der Waals surface area (Å²) in [5.74, 6) is -1.36. The number of aromatic nitrogens is 3. The van der Waals surface area contributed by atoms with Crippen LogP contribution < -0.4 is 21.1 Å². The van der Waals surface area contributed by atoms with Crippen LogP contribution in [-0.4, -0.2) is 81.3 Å². The number of pyridine rings is 1. The molecule has 2 aliphatic heterocycles. The molecule has 3 N–H and O–H groups in total. The second-order valence-electron chi connectivity index (χ2n) is 12.0. The Morgan fingerprint density at radius 2 is 1.93 bits per heavy atom. The normalized spacial score (nSPS) is 17.7. The first-order valence-electron chi connectivity index (χ1n) is 14.6. The predicted molar refractivity (Wildman–Crippen MR) is 167 cm³/mol. The standard InChI is InChI=1S/C30H37N7O6S/c1-30(2,3)22-17-44-28(32-22)34-26(40)19-10-14-37-23(15-19)33-25(21(27(37)41)8-9-24(38)39)36-13-6-7-20(16-36)43-29(42)31-18-35-11-4-5-12-35/h8-10,14-15,17,20H,4-7,11-13,16,18H2,1-3H3,(H,31,42)(H,38,39)(H,32,34,40)/b9-8+/t20-/m1/s1. The number of nitrogens with zero attached hydrogens (tertiary/aromatic N) is 5. The number of carbonyl (C=O) groups is 3. The van der Waals surface area contributed by atoms with Crippen LogP contribution in [0.3, 0.4) is 0 Å². The molecule has 3 aromatic rings. The number of hydrogen-bond donors (Lipinski definition) is 3. The van der Waals surface area contributed by atoms with E-state index in [9.17, 15) is 24.3 Å². The number of piperidine rings is 1. The monoisotopic (exact) mass is 623 g/mol. The van der Waals surface area contributed by atoms with E-state index in [1.807, 2.05) is 31.1 Å². The number of anilines is 2. The van der Waals surface area contributed by atoms with Gasteiger partial charge in [-0.15, -0.1) is 11.3 Å². The summed E-state index contributed by atoms with van der Waals surface area (Å²) in [6.45, 7) is 9.23. The maximum Gasteiger partial charge on any atom is 0.408 e. The first-order chi connectivity index (χ1) is 21.0. The van der Waals surface area contributed by atoms with Gasteiger partial charge in [0.2, 0.25) is 0 Å². The van der Waals surface area contributed by atoms with Crippen molar-refractivity contribution in [3.05, 3.63) is 57.0 Å². The topological polar surface area (TPSA) is 158 Å². The van der Waals surface area contributed by atoms with Crippen molar-refractivity contribution in [1.82, 2.24) is 24.6 Å². The second kappa shape index (κ2) is 13.1. The van der Waals surface area contributed by atoms with Crippen molar-refractivity contribution >= 4 is 52.0 Å². The van der Waals surface area contributed by atoms with Crippen LogP contribution in [0.4, 0.5) is 15.7 Å². The minimum atomic E-state index is -1.21. The van der Waals surface area contributed by atoms with Crippen molar-refractivity contribution in [2.24, 2.45) is 0 Å².